The minimum Gasteiger partial charge on any atom is -0.356 e. The quantitative estimate of drug-likeness (QED) is 0.853. The van der Waals surface area contributed by atoms with Crippen LogP contribution in [0.2, 0.25) is 0 Å². The number of pyridine rings is 1. The second kappa shape index (κ2) is 6.82. The predicted molar refractivity (Wildman–Crippen MR) is 96.8 cm³/mol. The summed E-state index contributed by atoms with van der Waals surface area (Å²) in [6.45, 7) is 7.52. The van der Waals surface area contributed by atoms with Crippen LogP contribution in [0, 0.1) is 12.7 Å². The highest BCUT2D eigenvalue weighted by Gasteiger charge is 2.22. The highest BCUT2D eigenvalue weighted by Crippen LogP contribution is 2.23. The molecule has 2 aliphatic rings. The molecule has 0 saturated carbocycles. The molecule has 2 aliphatic heterocycles. The number of rotatable bonds is 3. The minimum atomic E-state index is -0.301. The van der Waals surface area contributed by atoms with Crippen LogP contribution < -0.4 is 14.7 Å². The number of anilines is 3. The average molecular weight is 342 g/mol. The van der Waals surface area contributed by atoms with E-state index in [0.717, 1.165) is 62.5 Å². The monoisotopic (exact) mass is 342 g/mol. The van der Waals surface area contributed by atoms with E-state index in [2.05, 4.69) is 30.7 Å². The van der Waals surface area contributed by atoms with Crippen molar-refractivity contribution >= 4 is 17.6 Å². The molecule has 4 rings (SSSR count). The van der Waals surface area contributed by atoms with Crippen LogP contribution in [0.4, 0.5) is 22.0 Å². The van der Waals surface area contributed by atoms with Gasteiger partial charge in [-0.25, -0.2) is 14.4 Å². The zero-order valence-electron chi connectivity index (χ0n) is 14.5. The van der Waals surface area contributed by atoms with Crippen molar-refractivity contribution in [3.63, 3.8) is 0 Å². The van der Waals surface area contributed by atoms with E-state index < -0.39 is 0 Å². The van der Waals surface area contributed by atoms with E-state index in [0.29, 0.717) is 0 Å². The highest BCUT2D eigenvalue weighted by molar-refractivity contribution is 5.48. The summed E-state index contributed by atoms with van der Waals surface area (Å²) >= 11 is 0. The van der Waals surface area contributed by atoms with Gasteiger partial charge in [0.05, 0.1) is 6.20 Å². The van der Waals surface area contributed by atoms with Crippen molar-refractivity contribution in [3.05, 3.63) is 35.9 Å². The normalized spacial score (nSPS) is 18.1. The Hall–Kier alpha value is -2.44. The van der Waals surface area contributed by atoms with E-state index in [4.69, 9.17) is 4.98 Å². The number of aromatic nitrogens is 3. The third-order valence-corrected chi connectivity index (χ3v) is 4.86. The minimum absolute atomic E-state index is 0.301. The van der Waals surface area contributed by atoms with Crippen LogP contribution in [0.25, 0.3) is 0 Å². The molecule has 6 nitrogen and oxygen atoms in total. The number of piperazine rings is 1. The molecule has 0 atom stereocenters. The molecular weight excluding hydrogens is 319 g/mol. The number of hydrogen-bond acceptors (Lipinski definition) is 6. The SMILES string of the molecule is Cc1cc(N2CCCC2)nc(N2CCN(c3ccc(F)cn3)CC2)n1. The molecule has 2 aromatic heterocycles. The fourth-order valence-corrected chi connectivity index (χ4v) is 3.48. The smallest absolute Gasteiger partial charge is 0.227 e. The molecule has 0 unspecified atom stereocenters. The van der Waals surface area contributed by atoms with Crippen molar-refractivity contribution in [1.82, 2.24) is 15.0 Å². The maximum Gasteiger partial charge on any atom is 0.227 e. The molecule has 7 heteroatoms. The number of halogens is 1. The predicted octanol–water partition coefficient (Wildman–Crippen LogP) is 2.25. The van der Waals surface area contributed by atoms with Gasteiger partial charge in [-0.3, -0.25) is 0 Å². The fraction of sp³-hybridized carbons (Fsp3) is 0.500. The summed E-state index contributed by atoms with van der Waals surface area (Å²) in [5.41, 5.74) is 1.01. The number of nitrogens with zero attached hydrogens (tertiary/aromatic N) is 6. The van der Waals surface area contributed by atoms with Gasteiger partial charge in [0.15, 0.2) is 0 Å². The summed E-state index contributed by atoms with van der Waals surface area (Å²) in [7, 11) is 0. The van der Waals surface area contributed by atoms with Gasteiger partial charge < -0.3 is 14.7 Å². The van der Waals surface area contributed by atoms with Gasteiger partial charge in [0.25, 0.3) is 0 Å². The van der Waals surface area contributed by atoms with E-state index in [1.54, 1.807) is 6.07 Å². The molecule has 4 heterocycles. The van der Waals surface area contributed by atoms with Crippen molar-refractivity contribution in [2.45, 2.75) is 19.8 Å². The molecule has 0 aliphatic carbocycles. The summed E-state index contributed by atoms with van der Waals surface area (Å²) in [6, 6.07) is 5.27. The molecule has 0 aromatic carbocycles. The van der Waals surface area contributed by atoms with Gasteiger partial charge in [-0.1, -0.05) is 0 Å². The van der Waals surface area contributed by atoms with Gasteiger partial charge in [-0.2, -0.15) is 4.98 Å². The van der Waals surface area contributed by atoms with Crippen LogP contribution in [0.5, 0.6) is 0 Å². The molecular formula is C18H23FN6. The maximum absolute atomic E-state index is 13.0. The lowest BCUT2D eigenvalue weighted by molar-refractivity contribution is 0.612. The Kier molecular flexibility index (Phi) is 4.38. The molecule has 25 heavy (non-hydrogen) atoms. The van der Waals surface area contributed by atoms with Crippen molar-refractivity contribution in [2.75, 3.05) is 54.0 Å². The van der Waals surface area contributed by atoms with Gasteiger partial charge >= 0.3 is 0 Å². The van der Waals surface area contributed by atoms with Crippen molar-refractivity contribution < 1.29 is 4.39 Å². The van der Waals surface area contributed by atoms with Crippen molar-refractivity contribution in [1.29, 1.82) is 0 Å². The Morgan fingerprint density at radius 2 is 1.52 bits per heavy atom. The topological polar surface area (TPSA) is 48.4 Å². The van der Waals surface area contributed by atoms with E-state index in [-0.39, 0.29) is 5.82 Å². The maximum atomic E-state index is 13.0. The Morgan fingerprint density at radius 1 is 0.840 bits per heavy atom. The van der Waals surface area contributed by atoms with E-state index in [1.165, 1.54) is 25.1 Å². The Balaban J connectivity index is 1.46. The lowest BCUT2D eigenvalue weighted by Gasteiger charge is -2.35. The standard InChI is InChI=1S/C18H23FN6/c1-14-12-17(23-6-2-3-7-23)22-18(21-14)25-10-8-24(9-11-25)16-5-4-15(19)13-20-16/h4-5,12-13H,2-3,6-11H2,1H3. The molecule has 2 saturated heterocycles. The zero-order chi connectivity index (χ0) is 17.2. The van der Waals surface area contributed by atoms with Crippen LogP contribution in [-0.4, -0.2) is 54.2 Å². The van der Waals surface area contributed by atoms with E-state index in [1.807, 2.05) is 6.92 Å². The zero-order valence-corrected chi connectivity index (χ0v) is 14.5. The highest BCUT2D eigenvalue weighted by atomic mass is 19.1. The molecule has 0 bridgehead atoms. The first-order valence-corrected chi connectivity index (χ1v) is 8.91. The van der Waals surface area contributed by atoms with Crippen LogP contribution in [0.15, 0.2) is 24.4 Å². The van der Waals surface area contributed by atoms with Crippen molar-refractivity contribution in [2.24, 2.45) is 0 Å². The lowest BCUT2D eigenvalue weighted by Crippen LogP contribution is -2.47. The molecule has 2 aromatic rings. The Labute approximate surface area is 147 Å². The third kappa shape index (κ3) is 3.50. The van der Waals surface area contributed by atoms with Gasteiger partial charge in [0.2, 0.25) is 5.95 Å². The number of hydrogen-bond donors (Lipinski definition) is 0. The third-order valence-electron chi connectivity index (χ3n) is 4.86. The van der Waals surface area contributed by atoms with E-state index in [9.17, 15) is 4.39 Å². The average Bonchev–Trinajstić information content (AvgIpc) is 3.17. The summed E-state index contributed by atoms with van der Waals surface area (Å²) in [5, 5.41) is 0. The second-order valence-corrected chi connectivity index (χ2v) is 6.67. The molecule has 0 spiro atoms. The van der Waals surface area contributed by atoms with E-state index >= 15 is 0 Å². The summed E-state index contributed by atoms with van der Waals surface area (Å²) < 4.78 is 13.0. The molecule has 0 N–H and O–H groups in total. The number of aryl methyl sites for hydroxylation is 1. The fourth-order valence-electron chi connectivity index (χ4n) is 3.48. The Morgan fingerprint density at radius 3 is 2.20 bits per heavy atom. The van der Waals surface area contributed by atoms with Crippen LogP contribution in [0.3, 0.4) is 0 Å². The van der Waals surface area contributed by atoms with Crippen LogP contribution in [-0.2, 0) is 0 Å². The van der Waals surface area contributed by atoms with Gasteiger partial charge in [0.1, 0.15) is 17.5 Å². The second-order valence-electron chi connectivity index (χ2n) is 6.67. The summed E-state index contributed by atoms with van der Waals surface area (Å²) in [4.78, 5) is 20.4. The first-order valence-electron chi connectivity index (χ1n) is 8.91. The molecule has 132 valence electrons. The van der Waals surface area contributed by atoms with Gasteiger partial charge in [-0.05, 0) is 31.9 Å². The van der Waals surface area contributed by atoms with Crippen molar-refractivity contribution in [3.8, 4) is 0 Å². The molecule has 0 radical (unpaired) electrons. The van der Waals surface area contributed by atoms with Crippen LogP contribution in [0.1, 0.15) is 18.5 Å². The molecule has 2 fully saturated rings. The first kappa shape index (κ1) is 16.1. The Bertz CT molecular complexity index is 721. The summed E-state index contributed by atoms with van der Waals surface area (Å²) in [6.07, 6.45) is 3.75. The lowest BCUT2D eigenvalue weighted by atomic mass is 10.3. The molecule has 0 amide bonds. The first-order chi connectivity index (χ1) is 12.2. The summed E-state index contributed by atoms with van der Waals surface area (Å²) in [5.74, 6) is 2.38. The van der Waals surface area contributed by atoms with Crippen LogP contribution >= 0.6 is 0 Å². The largest absolute Gasteiger partial charge is 0.356 e. The van der Waals surface area contributed by atoms with Gasteiger partial charge in [-0.15, -0.1) is 0 Å². The van der Waals surface area contributed by atoms with Gasteiger partial charge in [0, 0.05) is 51.0 Å².